The zero-order valence-electron chi connectivity index (χ0n) is 36.2. The van der Waals surface area contributed by atoms with Crippen LogP contribution in [-0.2, 0) is 38.1 Å². The summed E-state index contributed by atoms with van der Waals surface area (Å²) >= 11 is 0. The minimum Gasteiger partial charge on any atom is -0.462 e. The van der Waals surface area contributed by atoms with Crippen molar-refractivity contribution in [2.45, 2.75) is 109 Å². The number of carbonyl (C=O) groups excluding carboxylic acids is 4. The number of methoxy groups -OCH3 is 3. The van der Waals surface area contributed by atoms with Crippen molar-refractivity contribution in [3.63, 3.8) is 0 Å². The van der Waals surface area contributed by atoms with Gasteiger partial charge in [-0.3, -0.25) is 19.2 Å². The highest BCUT2D eigenvalue weighted by atomic mass is 16.5. The van der Waals surface area contributed by atoms with E-state index in [1.807, 2.05) is 13.8 Å². The van der Waals surface area contributed by atoms with Crippen molar-refractivity contribution in [2.75, 3.05) is 28.4 Å². The number of hydrogen-bond donors (Lipinski definition) is 2. The zero-order chi connectivity index (χ0) is 44.6. The van der Waals surface area contributed by atoms with Crippen molar-refractivity contribution in [2.24, 2.45) is 23.7 Å². The number of aliphatic hydroxyl groups is 2. The molecule has 17 heteroatoms. The number of amides is 1. The molecule has 0 fully saturated rings. The lowest BCUT2D eigenvalue weighted by atomic mass is 9.85. The number of aliphatic hydroxyl groups excluding tert-OH is 2. The second-order valence-electron chi connectivity index (χ2n) is 15.6. The fourth-order valence-electron chi connectivity index (χ4n) is 7.02. The smallest absolute Gasteiger partial charge is 0.308 e. The van der Waals surface area contributed by atoms with E-state index >= 15 is 0 Å². The third-order valence-corrected chi connectivity index (χ3v) is 11.1. The van der Waals surface area contributed by atoms with Gasteiger partial charge in [0.05, 0.1) is 36.8 Å². The van der Waals surface area contributed by atoms with E-state index < -0.39 is 54.2 Å². The highest BCUT2D eigenvalue weighted by Crippen LogP contribution is 2.31. The molecule has 10 atom stereocenters. The van der Waals surface area contributed by atoms with E-state index in [9.17, 15) is 29.4 Å². The number of oxazole rings is 3. The molecule has 6 bridgehead atoms. The lowest BCUT2D eigenvalue weighted by molar-refractivity contribution is -0.159. The van der Waals surface area contributed by atoms with Crippen molar-refractivity contribution >= 4 is 30.0 Å². The van der Waals surface area contributed by atoms with E-state index in [0.717, 1.165) is 0 Å². The number of aromatic nitrogens is 3. The monoisotopic (exact) mass is 852 g/mol. The zero-order valence-corrected chi connectivity index (χ0v) is 36.2. The number of Topliss-reactive ketones (excluding diaryl/α,β-unsaturated/α-hetero) is 1. The van der Waals surface area contributed by atoms with Gasteiger partial charge in [-0.05, 0) is 43.8 Å². The standard InChI is InChI=1S/C44H60N4O13/c1-26(17-18-36(53)27(2)37(55-6)15-11-19-48(5)25-49)38(56-7)21-39-28(3)34(51)14-10-16-40-45-32(23-58-40)43-47-33(24-60-43)44-46-31(22-59-44)42(57-8)29(4)35(52)13-9-12-30(50)20-41(54)61-39/h9-11,13,16,19,22-30,34,37-39,42,50-51H,12,14-15,17-18,20-21H2,1-8H3/b13-9+,16-10+,19-11+. The Morgan fingerprint density at radius 3 is 2.31 bits per heavy atom. The number of cyclic esters (lactones) is 1. The van der Waals surface area contributed by atoms with Crippen LogP contribution in [0, 0.1) is 23.7 Å². The van der Waals surface area contributed by atoms with Gasteiger partial charge in [0.15, 0.2) is 17.2 Å². The van der Waals surface area contributed by atoms with Crippen molar-refractivity contribution in [3.05, 3.63) is 60.9 Å². The fraction of sp³-hybridized carbons (Fsp3) is 0.568. The lowest BCUT2D eigenvalue weighted by Gasteiger charge is -2.32. The average Bonchev–Trinajstić information content (AvgIpc) is 4.04. The number of ether oxygens (including phenoxy) is 4. The number of fused-ring (bicyclic) bond motifs is 8. The van der Waals surface area contributed by atoms with Crippen molar-refractivity contribution in [3.8, 4) is 23.2 Å². The lowest BCUT2D eigenvalue weighted by Crippen LogP contribution is -2.38. The largest absolute Gasteiger partial charge is 0.462 e. The van der Waals surface area contributed by atoms with Crippen LogP contribution in [0.5, 0.6) is 0 Å². The molecule has 3 aromatic heterocycles. The number of rotatable bonds is 15. The van der Waals surface area contributed by atoms with Gasteiger partial charge in [-0.1, -0.05) is 45.9 Å². The van der Waals surface area contributed by atoms with Crippen LogP contribution in [0.25, 0.3) is 29.2 Å². The summed E-state index contributed by atoms with van der Waals surface area (Å²) in [6, 6.07) is 0. The van der Waals surface area contributed by atoms with Gasteiger partial charge >= 0.3 is 5.97 Å². The Bertz CT molecular complexity index is 1950. The van der Waals surface area contributed by atoms with Crippen molar-refractivity contribution in [1.82, 2.24) is 19.9 Å². The summed E-state index contributed by atoms with van der Waals surface area (Å²) in [5.41, 5.74) is 0.948. The Kier molecular flexibility index (Phi) is 19.0. The molecule has 1 aliphatic heterocycles. The SMILES string of the molecule is COC(CC1OC(=O)CC(O)C/C=C/C(=O)C(C)C(OC)c2coc(n2)-c2coc(n2)-c2coc(n2)/C=C/CC(O)C1C)C(C)CCC(=O)C(C)C(C/C=C/N(C)C=O)OC. The van der Waals surface area contributed by atoms with Crippen molar-refractivity contribution < 1.29 is 61.6 Å². The molecule has 1 amide bonds. The van der Waals surface area contributed by atoms with Gasteiger partial charge in [0.2, 0.25) is 24.1 Å². The number of carbonyl (C=O) groups is 4. The quantitative estimate of drug-likeness (QED) is 0.133. The summed E-state index contributed by atoms with van der Waals surface area (Å²) in [7, 11) is 6.16. The van der Waals surface area contributed by atoms with E-state index in [1.54, 1.807) is 59.5 Å². The highest BCUT2D eigenvalue weighted by Gasteiger charge is 2.33. The van der Waals surface area contributed by atoms with Gasteiger partial charge in [-0.2, -0.15) is 0 Å². The van der Waals surface area contributed by atoms with Crippen LogP contribution in [0.15, 0.2) is 62.5 Å². The topological polar surface area (TPSA) is 227 Å². The van der Waals surface area contributed by atoms with Crippen LogP contribution in [0.4, 0.5) is 0 Å². The maximum Gasteiger partial charge on any atom is 0.308 e. The molecule has 0 spiro atoms. The first-order valence-corrected chi connectivity index (χ1v) is 20.4. The number of ketones is 2. The third kappa shape index (κ3) is 14.0. The molecule has 1 aliphatic rings. The minimum atomic E-state index is -1.16. The molecular formula is C44H60N4O13. The molecule has 10 unspecified atom stereocenters. The van der Waals surface area contributed by atoms with E-state index in [0.29, 0.717) is 30.6 Å². The highest BCUT2D eigenvalue weighted by molar-refractivity contribution is 5.92. The number of esters is 1. The summed E-state index contributed by atoms with van der Waals surface area (Å²) in [6.07, 6.45) is 10.8. The molecule has 0 aromatic carbocycles. The Balaban J connectivity index is 1.51. The van der Waals surface area contributed by atoms with Crippen LogP contribution >= 0.6 is 0 Å². The van der Waals surface area contributed by atoms with Crippen LogP contribution in [0.3, 0.4) is 0 Å². The molecule has 0 saturated heterocycles. The van der Waals surface area contributed by atoms with Crippen molar-refractivity contribution in [1.29, 1.82) is 0 Å². The van der Waals surface area contributed by atoms with Crippen LogP contribution in [0.1, 0.15) is 90.3 Å². The molecule has 0 radical (unpaired) electrons. The van der Waals surface area contributed by atoms with E-state index in [1.165, 1.54) is 43.0 Å². The van der Waals surface area contributed by atoms with Gasteiger partial charge in [0.25, 0.3) is 0 Å². The molecule has 61 heavy (non-hydrogen) atoms. The summed E-state index contributed by atoms with van der Waals surface area (Å²) in [5.74, 6) is -2.33. The molecule has 334 valence electrons. The van der Waals surface area contributed by atoms with Gasteiger partial charge in [-0.25, -0.2) is 15.0 Å². The van der Waals surface area contributed by atoms with Crippen LogP contribution in [-0.4, -0.2) is 113 Å². The van der Waals surface area contributed by atoms with Crippen LogP contribution < -0.4 is 0 Å². The fourth-order valence-corrected chi connectivity index (χ4v) is 7.02. The molecule has 2 N–H and O–H groups in total. The molecule has 4 heterocycles. The molecular weight excluding hydrogens is 792 g/mol. The summed E-state index contributed by atoms with van der Waals surface area (Å²) in [5, 5.41) is 22.2. The second-order valence-corrected chi connectivity index (χ2v) is 15.6. The number of hydrogen-bond acceptors (Lipinski definition) is 16. The predicted molar refractivity (Wildman–Crippen MR) is 221 cm³/mol. The van der Waals surface area contributed by atoms with Gasteiger partial charge < -0.3 is 47.3 Å². The first-order valence-electron chi connectivity index (χ1n) is 20.4. The normalized spacial score (nSPS) is 25.1. The predicted octanol–water partition coefficient (Wildman–Crippen LogP) is 5.93. The minimum absolute atomic E-state index is 0.00989. The molecule has 4 rings (SSSR count). The second kappa shape index (κ2) is 23.8. The van der Waals surface area contributed by atoms with E-state index in [-0.39, 0.29) is 79.1 Å². The Labute approximate surface area is 356 Å². The van der Waals surface area contributed by atoms with E-state index in [2.05, 4.69) is 15.0 Å². The number of allylic oxidation sites excluding steroid dienone is 1. The summed E-state index contributed by atoms with van der Waals surface area (Å²) in [6.45, 7) is 7.21. The van der Waals surface area contributed by atoms with Gasteiger partial charge in [-0.15, -0.1) is 0 Å². The molecule has 17 nitrogen and oxygen atoms in total. The number of nitrogens with zero attached hydrogens (tertiary/aromatic N) is 4. The Morgan fingerprint density at radius 2 is 1.61 bits per heavy atom. The average molecular weight is 853 g/mol. The maximum atomic E-state index is 13.4. The summed E-state index contributed by atoms with van der Waals surface area (Å²) in [4.78, 5) is 65.4. The first kappa shape index (κ1) is 48.6. The molecule has 0 saturated carbocycles. The van der Waals surface area contributed by atoms with Crippen LogP contribution in [0.2, 0.25) is 0 Å². The van der Waals surface area contributed by atoms with E-state index in [4.69, 9.17) is 32.2 Å². The van der Waals surface area contributed by atoms with Gasteiger partial charge in [0.1, 0.15) is 42.5 Å². The Hall–Kier alpha value is -5.07. The summed E-state index contributed by atoms with van der Waals surface area (Å²) < 4.78 is 39.9. The maximum absolute atomic E-state index is 13.4. The first-order chi connectivity index (χ1) is 29.2. The van der Waals surface area contributed by atoms with Gasteiger partial charge in [0, 0.05) is 59.3 Å². The third-order valence-electron chi connectivity index (χ3n) is 11.1. The Morgan fingerprint density at radius 1 is 0.934 bits per heavy atom. The molecule has 3 aromatic rings. The molecule has 0 aliphatic carbocycles.